The number of nitrogens with two attached hydrogens (primary N) is 2. The molecular formula is C18H22N8O2. The fraction of sp³-hybridized carbons (Fsp3) is 0.333. The van der Waals surface area contributed by atoms with Crippen LogP contribution in [0.15, 0.2) is 24.3 Å². The van der Waals surface area contributed by atoms with Gasteiger partial charge in [-0.25, -0.2) is 9.78 Å². The maximum atomic E-state index is 11.0. The second-order valence-electron chi connectivity index (χ2n) is 7.06. The normalized spacial score (nSPS) is 19.7. The molecule has 4 rings (SSSR count). The highest BCUT2D eigenvalue weighted by Gasteiger charge is 2.28. The summed E-state index contributed by atoms with van der Waals surface area (Å²) in [6.07, 6.45) is 0.619. The van der Waals surface area contributed by atoms with Crippen LogP contribution in [-0.2, 0) is 0 Å². The van der Waals surface area contributed by atoms with E-state index >= 15 is 0 Å². The molecule has 28 heavy (non-hydrogen) atoms. The molecule has 3 heterocycles. The summed E-state index contributed by atoms with van der Waals surface area (Å²) in [4.78, 5) is 21.8. The summed E-state index contributed by atoms with van der Waals surface area (Å²) < 4.78 is 0. The first-order valence-electron chi connectivity index (χ1n) is 9.05. The lowest BCUT2D eigenvalue weighted by molar-refractivity contribution is 0.187. The lowest BCUT2D eigenvalue weighted by atomic mass is 9.99. The first-order valence-corrected chi connectivity index (χ1v) is 9.05. The summed E-state index contributed by atoms with van der Waals surface area (Å²) in [7, 11) is 0. The Hall–Kier alpha value is -3.56. The Labute approximate surface area is 161 Å². The molecule has 2 atom stereocenters. The number of aromatic amines is 1. The van der Waals surface area contributed by atoms with Gasteiger partial charge in [0.25, 0.3) is 0 Å². The van der Waals surface area contributed by atoms with Gasteiger partial charge in [0.05, 0.1) is 11.2 Å². The van der Waals surface area contributed by atoms with E-state index in [-0.39, 0.29) is 18.0 Å². The number of rotatable bonds is 3. The second-order valence-corrected chi connectivity index (χ2v) is 7.06. The van der Waals surface area contributed by atoms with Gasteiger partial charge in [-0.05, 0) is 31.9 Å². The van der Waals surface area contributed by atoms with Crippen molar-refractivity contribution in [3.05, 3.63) is 24.3 Å². The van der Waals surface area contributed by atoms with E-state index < -0.39 is 6.09 Å². The monoisotopic (exact) mass is 382 g/mol. The first kappa shape index (κ1) is 17.8. The third kappa shape index (κ3) is 3.36. The van der Waals surface area contributed by atoms with E-state index in [1.807, 2.05) is 24.3 Å². The molecule has 1 aliphatic rings. The zero-order valence-electron chi connectivity index (χ0n) is 15.4. The third-order valence-electron chi connectivity index (χ3n) is 5.12. The molecule has 1 aliphatic heterocycles. The standard InChI is InChI=1S/C18H22N8O2/c1-9-2-4-11(21-18(27)28)8-26(9)15-7-13(22-17(20)23-15)10-3-5-12-14(6-10)24-25-16(12)19/h3,5-7,9,11,21H,2,4,8H2,1H3,(H,27,28)(H3,19,24,25)(H2,20,22,23)/t9-,11+/m1/s1. The Morgan fingerprint density at radius 2 is 2.11 bits per heavy atom. The number of benzene rings is 1. The Balaban J connectivity index is 1.68. The van der Waals surface area contributed by atoms with Crippen LogP contribution in [0.25, 0.3) is 22.2 Å². The predicted octanol–water partition coefficient (Wildman–Crippen LogP) is 1.81. The van der Waals surface area contributed by atoms with Gasteiger partial charge in [-0.1, -0.05) is 6.07 Å². The summed E-state index contributed by atoms with van der Waals surface area (Å²) >= 11 is 0. The summed E-state index contributed by atoms with van der Waals surface area (Å²) in [5.74, 6) is 1.29. The number of nitrogen functional groups attached to an aromatic ring is 2. The number of nitrogens with zero attached hydrogens (tertiary/aromatic N) is 4. The summed E-state index contributed by atoms with van der Waals surface area (Å²) in [5, 5.41) is 19.3. The highest BCUT2D eigenvalue weighted by molar-refractivity contribution is 5.91. The molecule has 0 unspecified atom stereocenters. The molecule has 0 aliphatic carbocycles. The van der Waals surface area contributed by atoms with E-state index in [2.05, 4.69) is 37.3 Å². The molecule has 1 amide bonds. The smallest absolute Gasteiger partial charge is 0.404 e. The fourth-order valence-corrected chi connectivity index (χ4v) is 3.67. The van der Waals surface area contributed by atoms with Crippen molar-refractivity contribution in [1.82, 2.24) is 25.5 Å². The highest BCUT2D eigenvalue weighted by atomic mass is 16.4. The van der Waals surface area contributed by atoms with Gasteiger partial charge in [0.1, 0.15) is 5.82 Å². The van der Waals surface area contributed by atoms with E-state index in [9.17, 15) is 4.79 Å². The molecule has 1 saturated heterocycles. The van der Waals surface area contributed by atoms with Crippen LogP contribution in [0.1, 0.15) is 19.8 Å². The topological polar surface area (TPSA) is 159 Å². The number of hydrogen-bond donors (Lipinski definition) is 5. The lowest BCUT2D eigenvalue weighted by Crippen LogP contribution is -2.51. The highest BCUT2D eigenvalue weighted by Crippen LogP contribution is 2.29. The van der Waals surface area contributed by atoms with Crippen LogP contribution in [0, 0.1) is 0 Å². The van der Waals surface area contributed by atoms with Crippen LogP contribution in [0.3, 0.4) is 0 Å². The van der Waals surface area contributed by atoms with Gasteiger partial charge in [0, 0.05) is 35.6 Å². The minimum absolute atomic E-state index is 0.155. The van der Waals surface area contributed by atoms with Crippen molar-refractivity contribution < 1.29 is 9.90 Å². The lowest BCUT2D eigenvalue weighted by Gasteiger charge is -2.38. The Bertz CT molecular complexity index is 1030. The van der Waals surface area contributed by atoms with Gasteiger partial charge in [-0.15, -0.1) is 0 Å². The van der Waals surface area contributed by atoms with E-state index in [0.717, 1.165) is 29.3 Å². The Morgan fingerprint density at radius 1 is 1.29 bits per heavy atom. The number of anilines is 3. The van der Waals surface area contributed by atoms with Crippen molar-refractivity contribution in [2.24, 2.45) is 0 Å². The average molecular weight is 382 g/mol. The van der Waals surface area contributed by atoms with Crippen molar-refractivity contribution in [2.75, 3.05) is 22.9 Å². The van der Waals surface area contributed by atoms with Crippen molar-refractivity contribution in [2.45, 2.75) is 31.8 Å². The van der Waals surface area contributed by atoms with Gasteiger partial charge >= 0.3 is 6.09 Å². The quantitative estimate of drug-likeness (QED) is 0.458. The van der Waals surface area contributed by atoms with E-state index in [0.29, 0.717) is 23.9 Å². The fourth-order valence-electron chi connectivity index (χ4n) is 3.67. The average Bonchev–Trinajstić information content (AvgIpc) is 3.03. The number of carbonyl (C=O) groups is 1. The minimum atomic E-state index is -1.02. The Morgan fingerprint density at radius 3 is 2.89 bits per heavy atom. The molecule has 1 fully saturated rings. The number of nitrogens with one attached hydrogen (secondary N) is 2. The summed E-state index contributed by atoms with van der Waals surface area (Å²) in [6.45, 7) is 2.62. The summed E-state index contributed by atoms with van der Waals surface area (Å²) in [6, 6.07) is 7.64. The molecule has 7 N–H and O–H groups in total. The predicted molar refractivity (Wildman–Crippen MR) is 107 cm³/mol. The van der Waals surface area contributed by atoms with Gasteiger partial charge in [0.2, 0.25) is 5.95 Å². The van der Waals surface area contributed by atoms with Crippen molar-refractivity contribution in [3.63, 3.8) is 0 Å². The molecule has 1 aromatic carbocycles. The van der Waals surface area contributed by atoms with Crippen LogP contribution in [0.5, 0.6) is 0 Å². The zero-order chi connectivity index (χ0) is 19.8. The third-order valence-corrected chi connectivity index (χ3v) is 5.12. The van der Waals surface area contributed by atoms with Crippen LogP contribution in [0.4, 0.5) is 22.4 Å². The van der Waals surface area contributed by atoms with Gasteiger partial charge < -0.3 is 26.8 Å². The van der Waals surface area contributed by atoms with Crippen molar-refractivity contribution in [1.29, 1.82) is 0 Å². The van der Waals surface area contributed by atoms with Crippen molar-refractivity contribution >= 4 is 34.6 Å². The van der Waals surface area contributed by atoms with E-state index in [4.69, 9.17) is 16.6 Å². The molecule has 146 valence electrons. The molecule has 10 nitrogen and oxygen atoms in total. The van der Waals surface area contributed by atoms with Crippen LogP contribution >= 0.6 is 0 Å². The molecule has 3 aromatic rings. The molecule has 0 bridgehead atoms. The number of carboxylic acid groups (broad SMARTS) is 1. The number of piperidine rings is 1. The Kier molecular flexibility index (Phi) is 4.38. The number of H-pyrrole nitrogens is 1. The number of hydrogen-bond acceptors (Lipinski definition) is 7. The largest absolute Gasteiger partial charge is 0.465 e. The molecule has 0 spiro atoms. The maximum Gasteiger partial charge on any atom is 0.404 e. The molecular weight excluding hydrogens is 360 g/mol. The van der Waals surface area contributed by atoms with Crippen molar-refractivity contribution in [3.8, 4) is 11.3 Å². The minimum Gasteiger partial charge on any atom is -0.465 e. The maximum absolute atomic E-state index is 11.0. The van der Waals surface area contributed by atoms with Crippen LogP contribution in [0.2, 0.25) is 0 Å². The first-order chi connectivity index (χ1) is 13.4. The molecule has 10 heteroatoms. The second kappa shape index (κ2) is 6.87. The number of aromatic nitrogens is 4. The van der Waals surface area contributed by atoms with Gasteiger partial charge in [0.15, 0.2) is 5.82 Å². The van der Waals surface area contributed by atoms with Gasteiger partial charge in [-0.3, -0.25) is 5.10 Å². The van der Waals surface area contributed by atoms with Gasteiger partial charge in [-0.2, -0.15) is 10.1 Å². The van der Waals surface area contributed by atoms with E-state index in [1.165, 1.54) is 0 Å². The number of amides is 1. The zero-order valence-corrected chi connectivity index (χ0v) is 15.4. The van der Waals surface area contributed by atoms with E-state index in [1.54, 1.807) is 0 Å². The number of fused-ring (bicyclic) bond motifs is 1. The molecule has 0 radical (unpaired) electrons. The molecule has 0 saturated carbocycles. The SMILES string of the molecule is C[C@@H]1CC[C@H](NC(=O)O)CN1c1cc(-c2ccc3c(N)n[nH]c3c2)nc(N)n1. The van der Waals surface area contributed by atoms with Crippen LogP contribution < -0.4 is 21.7 Å². The van der Waals surface area contributed by atoms with Crippen LogP contribution in [-0.4, -0.2) is 50.0 Å². The molecule has 2 aromatic heterocycles. The summed E-state index contributed by atoms with van der Waals surface area (Å²) in [5.41, 5.74) is 14.2.